The fourth-order valence-electron chi connectivity index (χ4n) is 4.13. The molecule has 6 heteroatoms. The van der Waals surface area contributed by atoms with Crippen LogP contribution in [0.25, 0.3) is 0 Å². The first-order valence-corrected chi connectivity index (χ1v) is 9.86. The monoisotopic (exact) mass is 395 g/mol. The topological polar surface area (TPSA) is 46.9 Å². The summed E-state index contributed by atoms with van der Waals surface area (Å²) in [5, 5.41) is 2.98. The normalized spacial score (nSPS) is 13.2. The molecule has 150 valence electrons. The summed E-state index contributed by atoms with van der Waals surface area (Å²) in [7, 11) is 0. The molecule has 1 amide bonds. The van der Waals surface area contributed by atoms with Crippen molar-refractivity contribution in [3.05, 3.63) is 88.0 Å². The van der Waals surface area contributed by atoms with Crippen LogP contribution in [-0.4, -0.2) is 15.5 Å². The summed E-state index contributed by atoms with van der Waals surface area (Å²) in [6, 6.07) is 7.65. The number of nitrogens with one attached hydrogen (secondary N) is 1. The Kier molecular flexibility index (Phi) is 5.43. The van der Waals surface area contributed by atoms with Gasteiger partial charge in [0, 0.05) is 31.2 Å². The third-order valence-corrected chi connectivity index (χ3v) is 5.56. The van der Waals surface area contributed by atoms with Gasteiger partial charge in [0.15, 0.2) is 11.6 Å². The molecular formula is C23H23F2N3O. The van der Waals surface area contributed by atoms with E-state index < -0.39 is 11.6 Å². The van der Waals surface area contributed by atoms with Gasteiger partial charge in [0.1, 0.15) is 5.69 Å². The standard InChI is InChI=1S/C23H23F2N3O/c1-15-18-6-2-3-7-21(18)28(14-16-8-9-19(24)20(25)11-16)22(15)23(29)27-13-17-5-4-10-26-12-17/h4-5,8-12H,2-3,6-7,13-14H2,1H3,(H,27,29). The van der Waals surface area contributed by atoms with E-state index in [4.69, 9.17) is 0 Å². The maximum Gasteiger partial charge on any atom is 0.268 e. The van der Waals surface area contributed by atoms with Gasteiger partial charge in [0.25, 0.3) is 5.91 Å². The number of aromatic nitrogens is 2. The Morgan fingerprint density at radius 1 is 1.14 bits per heavy atom. The molecular weight excluding hydrogens is 372 g/mol. The predicted molar refractivity (Wildman–Crippen MR) is 107 cm³/mol. The molecule has 1 aliphatic carbocycles. The van der Waals surface area contributed by atoms with Gasteiger partial charge in [-0.3, -0.25) is 9.78 Å². The molecule has 1 N–H and O–H groups in total. The summed E-state index contributed by atoms with van der Waals surface area (Å²) in [5.41, 5.74) is 5.47. The van der Waals surface area contributed by atoms with Gasteiger partial charge in [-0.1, -0.05) is 12.1 Å². The minimum Gasteiger partial charge on any atom is -0.347 e. The zero-order chi connectivity index (χ0) is 20.4. The van der Waals surface area contributed by atoms with E-state index in [1.165, 1.54) is 11.6 Å². The second kappa shape index (κ2) is 8.15. The van der Waals surface area contributed by atoms with Gasteiger partial charge in [-0.05, 0) is 73.1 Å². The number of carbonyl (C=O) groups is 1. The van der Waals surface area contributed by atoms with Crippen LogP contribution in [0, 0.1) is 18.6 Å². The molecule has 0 spiro atoms. The number of amides is 1. The summed E-state index contributed by atoms with van der Waals surface area (Å²) >= 11 is 0. The van der Waals surface area contributed by atoms with E-state index in [1.54, 1.807) is 18.5 Å². The number of hydrogen-bond acceptors (Lipinski definition) is 2. The highest BCUT2D eigenvalue weighted by Gasteiger charge is 2.26. The first-order valence-electron chi connectivity index (χ1n) is 9.86. The van der Waals surface area contributed by atoms with Crippen LogP contribution in [0.1, 0.15) is 51.3 Å². The van der Waals surface area contributed by atoms with Gasteiger partial charge < -0.3 is 9.88 Å². The van der Waals surface area contributed by atoms with E-state index in [1.807, 2.05) is 23.6 Å². The van der Waals surface area contributed by atoms with E-state index in [2.05, 4.69) is 10.3 Å². The molecule has 0 saturated heterocycles. The van der Waals surface area contributed by atoms with Crippen LogP contribution in [0.5, 0.6) is 0 Å². The van der Waals surface area contributed by atoms with E-state index in [0.717, 1.165) is 48.6 Å². The molecule has 0 saturated carbocycles. The lowest BCUT2D eigenvalue weighted by atomic mass is 9.95. The van der Waals surface area contributed by atoms with Gasteiger partial charge in [0.05, 0.1) is 0 Å². The Bertz CT molecular complexity index is 1040. The van der Waals surface area contributed by atoms with Crippen LogP contribution in [0.2, 0.25) is 0 Å². The zero-order valence-corrected chi connectivity index (χ0v) is 16.3. The second-order valence-electron chi connectivity index (χ2n) is 7.48. The highest BCUT2D eigenvalue weighted by Crippen LogP contribution is 2.30. The van der Waals surface area contributed by atoms with E-state index >= 15 is 0 Å². The molecule has 1 aliphatic rings. The summed E-state index contributed by atoms with van der Waals surface area (Å²) in [6.45, 7) is 2.70. The van der Waals surface area contributed by atoms with Crippen LogP contribution >= 0.6 is 0 Å². The molecule has 29 heavy (non-hydrogen) atoms. The third kappa shape index (κ3) is 3.92. The quantitative estimate of drug-likeness (QED) is 0.699. The second-order valence-corrected chi connectivity index (χ2v) is 7.48. The van der Waals surface area contributed by atoms with E-state index in [0.29, 0.717) is 24.3 Å². The lowest BCUT2D eigenvalue weighted by Crippen LogP contribution is -2.27. The van der Waals surface area contributed by atoms with Crippen molar-refractivity contribution in [2.45, 2.75) is 45.7 Å². The summed E-state index contributed by atoms with van der Waals surface area (Å²) < 4.78 is 29.0. The van der Waals surface area contributed by atoms with Crippen LogP contribution in [0.4, 0.5) is 8.78 Å². The Hall–Kier alpha value is -3.02. The van der Waals surface area contributed by atoms with Crippen LogP contribution in [0.15, 0.2) is 42.7 Å². The number of pyridine rings is 1. The van der Waals surface area contributed by atoms with Crippen molar-refractivity contribution < 1.29 is 13.6 Å². The van der Waals surface area contributed by atoms with Crippen LogP contribution in [-0.2, 0) is 25.9 Å². The van der Waals surface area contributed by atoms with Crippen molar-refractivity contribution in [1.82, 2.24) is 14.9 Å². The fraction of sp³-hybridized carbons (Fsp3) is 0.304. The zero-order valence-electron chi connectivity index (χ0n) is 16.3. The number of rotatable bonds is 5. The van der Waals surface area contributed by atoms with Gasteiger partial charge in [0.2, 0.25) is 0 Å². The average Bonchev–Trinajstić information content (AvgIpc) is 3.02. The van der Waals surface area contributed by atoms with Crippen molar-refractivity contribution in [3.63, 3.8) is 0 Å². The molecule has 4 nitrogen and oxygen atoms in total. The molecule has 0 radical (unpaired) electrons. The number of hydrogen-bond donors (Lipinski definition) is 1. The van der Waals surface area contributed by atoms with Crippen LogP contribution < -0.4 is 5.32 Å². The molecule has 0 fully saturated rings. The van der Waals surface area contributed by atoms with Crippen LogP contribution in [0.3, 0.4) is 0 Å². The van der Waals surface area contributed by atoms with Gasteiger partial charge in [-0.2, -0.15) is 0 Å². The molecule has 4 rings (SSSR count). The largest absolute Gasteiger partial charge is 0.347 e. The van der Waals surface area contributed by atoms with Crippen molar-refractivity contribution >= 4 is 5.91 Å². The van der Waals surface area contributed by atoms with Crippen molar-refractivity contribution in [1.29, 1.82) is 0 Å². The van der Waals surface area contributed by atoms with Crippen molar-refractivity contribution in [3.8, 4) is 0 Å². The Morgan fingerprint density at radius 3 is 2.72 bits per heavy atom. The molecule has 0 unspecified atom stereocenters. The molecule has 2 aromatic heterocycles. The number of nitrogens with zero attached hydrogens (tertiary/aromatic N) is 2. The number of benzene rings is 1. The Labute approximate surface area is 168 Å². The Balaban J connectivity index is 1.67. The first kappa shape index (κ1) is 19.3. The predicted octanol–water partition coefficient (Wildman–Crippen LogP) is 4.33. The lowest BCUT2D eigenvalue weighted by Gasteiger charge is -2.17. The van der Waals surface area contributed by atoms with Gasteiger partial charge in [-0.15, -0.1) is 0 Å². The summed E-state index contributed by atoms with van der Waals surface area (Å²) in [6.07, 6.45) is 7.39. The fourth-order valence-corrected chi connectivity index (χ4v) is 4.13. The van der Waals surface area contributed by atoms with Gasteiger partial charge in [-0.25, -0.2) is 8.78 Å². The molecule has 1 aromatic carbocycles. The number of halogens is 2. The minimum atomic E-state index is -0.872. The smallest absolute Gasteiger partial charge is 0.268 e. The highest BCUT2D eigenvalue weighted by molar-refractivity contribution is 5.95. The highest BCUT2D eigenvalue weighted by atomic mass is 19.2. The van der Waals surface area contributed by atoms with E-state index in [-0.39, 0.29) is 5.91 Å². The van der Waals surface area contributed by atoms with E-state index in [9.17, 15) is 13.6 Å². The number of fused-ring (bicyclic) bond motifs is 1. The number of carbonyl (C=O) groups excluding carboxylic acids is 1. The maximum absolute atomic E-state index is 13.7. The SMILES string of the molecule is Cc1c2c(n(Cc3ccc(F)c(F)c3)c1C(=O)NCc1cccnc1)CCCC2. The minimum absolute atomic E-state index is 0.164. The average molecular weight is 395 g/mol. The maximum atomic E-state index is 13.7. The molecule has 0 aliphatic heterocycles. The Morgan fingerprint density at radius 2 is 1.97 bits per heavy atom. The molecule has 0 atom stereocenters. The third-order valence-electron chi connectivity index (χ3n) is 5.56. The van der Waals surface area contributed by atoms with Crippen molar-refractivity contribution in [2.75, 3.05) is 0 Å². The first-order chi connectivity index (χ1) is 14.0. The molecule has 3 aromatic rings. The summed E-state index contributed by atoms with van der Waals surface area (Å²) in [5.74, 6) is -1.90. The molecule has 0 bridgehead atoms. The van der Waals surface area contributed by atoms with Crippen molar-refractivity contribution in [2.24, 2.45) is 0 Å². The van der Waals surface area contributed by atoms with Gasteiger partial charge >= 0.3 is 0 Å². The lowest BCUT2D eigenvalue weighted by molar-refractivity contribution is 0.0941. The summed E-state index contributed by atoms with van der Waals surface area (Å²) in [4.78, 5) is 17.2. The molecule has 2 heterocycles.